The molecule has 3 aromatic rings. The molecule has 0 bridgehead atoms. The van der Waals surface area contributed by atoms with Gasteiger partial charge in [0.2, 0.25) is 0 Å². The number of aromatic nitrogens is 2. The molecular weight excluding hydrogens is 576 g/mol. The molecule has 2 N–H and O–H groups in total. The van der Waals surface area contributed by atoms with Crippen LogP contribution >= 0.6 is 0 Å². The summed E-state index contributed by atoms with van der Waals surface area (Å²) in [6, 6.07) is 15.5. The third-order valence-electron chi connectivity index (χ3n) is 7.59. The van der Waals surface area contributed by atoms with E-state index in [-0.39, 0.29) is 11.8 Å². The van der Waals surface area contributed by atoms with Crippen LogP contribution < -0.4 is 31.5 Å². The molecule has 234 valence electrons. The average molecular weight is 613 g/mol. The summed E-state index contributed by atoms with van der Waals surface area (Å²) in [5.74, 6) is -2.26. The largest absolute Gasteiger partial charge is 0.494 e. The summed E-state index contributed by atoms with van der Waals surface area (Å²) in [4.78, 5) is 51.9. The van der Waals surface area contributed by atoms with Gasteiger partial charge in [-0.2, -0.15) is 5.26 Å². The van der Waals surface area contributed by atoms with Crippen LogP contribution in [-0.2, 0) is 29.1 Å². The number of nitrogens with zero attached hydrogens (tertiary/aromatic N) is 4. The number of nitriles is 1. The van der Waals surface area contributed by atoms with Gasteiger partial charge in [0.15, 0.2) is 5.57 Å². The Balaban J connectivity index is 1.61. The fourth-order valence-corrected chi connectivity index (χ4v) is 5.39. The van der Waals surface area contributed by atoms with E-state index < -0.39 is 40.7 Å². The van der Waals surface area contributed by atoms with Gasteiger partial charge in [0.05, 0.1) is 6.61 Å². The Kier molecular flexibility index (Phi) is 10.8. The maximum Gasteiger partial charge on any atom is 0.350 e. The van der Waals surface area contributed by atoms with Crippen LogP contribution in [0.4, 0.5) is 11.4 Å². The topological polar surface area (TPSA) is 155 Å². The maximum absolute atomic E-state index is 13.2. The fraction of sp³-hybridized carbons (Fsp3) is 0.324. The van der Waals surface area contributed by atoms with Gasteiger partial charge >= 0.3 is 11.9 Å². The van der Waals surface area contributed by atoms with Crippen molar-refractivity contribution in [2.45, 2.75) is 59.0 Å². The van der Waals surface area contributed by atoms with Crippen LogP contribution in [0.1, 0.15) is 50.7 Å². The lowest BCUT2D eigenvalue weighted by Crippen LogP contribution is -2.59. The molecule has 11 heteroatoms. The van der Waals surface area contributed by atoms with Crippen molar-refractivity contribution in [2.24, 2.45) is 0 Å². The molecule has 0 aliphatic carbocycles. The Morgan fingerprint density at radius 3 is 2.38 bits per heavy atom. The SMILES string of the molecule is CCCCCCOc1ccc(N2CCc3cc(C=CC=c4c(=O)n(CC)/c(=C(\C#N)C(=O)O)n(CC(=O)O)c4=O)ccc32)cc1. The zero-order chi connectivity index (χ0) is 32.5. The van der Waals surface area contributed by atoms with Crippen LogP contribution in [0, 0.1) is 11.3 Å². The molecule has 11 nitrogen and oxygen atoms in total. The van der Waals surface area contributed by atoms with Gasteiger partial charge < -0.3 is 19.8 Å². The van der Waals surface area contributed by atoms with E-state index in [0.717, 1.165) is 52.2 Å². The Labute approximate surface area is 259 Å². The zero-order valence-corrected chi connectivity index (χ0v) is 25.4. The number of carboxylic acid groups (broad SMARTS) is 2. The monoisotopic (exact) mass is 612 g/mol. The first kappa shape index (κ1) is 32.5. The van der Waals surface area contributed by atoms with Crippen LogP contribution in [0.15, 0.2) is 58.1 Å². The normalized spacial score (nSPS) is 13.5. The third-order valence-corrected chi connectivity index (χ3v) is 7.59. The van der Waals surface area contributed by atoms with Gasteiger partial charge in [-0.1, -0.05) is 44.4 Å². The second-order valence-corrected chi connectivity index (χ2v) is 10.6. The summed E-state index contributed by atoms with van der Waals surface area (Å²) < 4.78 is 7.43. The number of anilines is 2. The van der Waals surface area contributed by atoms with Gasteiger partial charge in [-0.25, -0.2) is 4.79 Å². The minimum Gasteiger partial charge on any atom is -0.494 e. The standard InChI is InChI=1S/C34H36N4O7/c1-3-5-6-7-19-45-26-14-12-25(13-15-26)37-18-17-24-20-23(11-16-29(24)37)9-8-10-27-32(41)36(4-2)31(28(21-35)34(43)44)38(33(27)42)22-30(39)40/h8-16,20H,3-7,17-19,22H2,1-2H3,(H,39,40)(H,43,44)/b9-8?,27-10?,31-28-. The Bertz CT molecular complexity index is 1900. The highest BCUT2D eigenvalue weighted by Crippen LogP contribution is 2.36. The summed E-state index contributed by atoms with van der Waals surface area (Å²) in [5, 5.41) is 27.9. The van der Waals surface area contributed by atoms with Crippen molar-refractivity contribution in [3.8, 4) is 11.8 Å². The minimum atomic E-state index is -1.68. The number of carboxylic acids is 2. The minimum absolute atomic E-state index is 0.0901. The molecule has 0 unspecified atom stereocenters. The average Bonchev–Trinajstić information content (AvgIpc) is 3.44. The molecule has 0 atom stereocenters. The van der Waals surface area contributed by atoms with Crippen molar-refractivity contribution in [1.82, 2.24) is 9.13 Å². The van der Waals surface area contributed by atoms with E-state index in [2.05, 4.69) is 24.0 Å². The zero-order valence-electron chi connectivity index (χ0n) is 25.4. The third kappa shape index (κ3) is 7.41. The van der Waals surface area contributed by atoms with Crippen LogP contribution in [0.3, 0.4) is 0 Å². The molecule has 45 heavy (non-hydrogen) atoms. The number of aliphatic carboxylic acids is 2. The van der Waals surface area contributed by atoms with E-state index in [1.54, 1.807) is 6.08 Å². The lowest BCUT2D eigenvalue weighted by Gasteiger charge is -2.20. The van der Waals surface area contributed by atoms with Crippen molar-refractivity contribution < 1.29 is 24.5 Å². The Morgan fingerprint density at radius 2 is 1.73 bits per heavy atom. The highest BCUT2D eigenvalue weighted by molar-refractivity contribution is 6.13. The summed E-state index contributed by atoms with van der Waals surface area (Å²) in [7, 11) is 0. The lowest BCUT2D eigenvalue weighted by atomic mass is 10.1. The van der Waals surface area contributed by atoms with E-state index in [4.69, 9.17) is 4.74 Å². The quantitative estimate of drug-likeness (QED) is 0.277. The van der Waals surface area contributed by atoms with E-state index >= 15 is 0 Å². The molecule has 0 radical (unpaired) electrons. The number of allylic oxidation sites excluding steroid dienone is 1. The number of hydrogen-bond donors (Lipinski definition) is 2. The first-order valence-electron chi connectivity index (χ1n) is 14.9. The Morgan fingerprint density at radius 1 is 1.00 bits per heavy atom. The fourth-order valence-electron chi connectivity index (χ4n) is 5.39. The van der Waals surface area contributed by atoms with Gasteiger partial charge in [-0.3, -0.25) is 23.5 Å². The molecule has 1 aromatic heterocycles. The van der Waals surface area contributed by atoms with Gasteiger partial charge in [-0.15, -0.1) is 0 Å². The number of benzene rings is 2. The summed E-state index contributed by atoms with van der Waals surface area (Å²) in [6.45, 7) is 4.23. The summed E-state index contributed by atoms with van der Waals surface area (Å²) in [6.07, 6.45) is 9.98. The van der Waals surface area contributed by atoms with Gasteiger partial charge in [0.1, 0.15) is 29.1 Å². The van der Waals surface area contributed by atoms with Crippen LogP contribution in [0.2, 0.25) is 0 Å². The molecule has 2 aromatic carbocycles. The van der Waals surface area contributed by atoms with Crippen molar-refractivity contribution in [2.75, 3.05) is 18.1 Å². The summed E-state index contributed by atoms with van der Waals surface area (Å²) in [5.41, 5.74) is 0.851. The summed E-state index contributed by atoms with van der Waals surface area (Å²) >= 11 is 0. The number of rotatable bonds is 13. The highest BCUT2D eigenvalue weighted by atomic mass is 16.5. The molecule has 1 aliphatic rings. The number of hydrogen-bond acceptors (Lipinski definition) is 7. The predicted octanol–water partition coefficient (Wildman–Crippen LogP) is 3.02. The molecule has 4 rings (SSSR count). The lowest BCUT2D eigenvalue weighted by molar-refractivity contribution is -0.138. The smallest absolute Gasteiger partial charge is 0.350 e. The first-order valence-corrected chi connectivity index (χ1v) is 14.9. The molecule has 0 fully saturated rings. The Hall–Kier alpha value is -5.37. The van der Waals surface area contributed by atoms with Crippen LogP contribution in [0.25, 0.3) is 17.7 Å². The maximum atomic E-state index is 13.2. The molecule has 0 spiro atoms. The predicted molar refractivity (Wildman–Crippen MR) is 171 cm³/mol. The van der Waals surface area contributed by atoms with Crippen LogP contribution in [-0.4, -0.2) is 44.4 Å². The second-order valence-electron chi connectivity index (χ2n) is 10.6. The van der Waals surface area contributed by atoms with E-state index in [9.17, 15) is 34.7 Å². The van der Waals surface area contributed by atoms with E-state index in [0.29, 0.717) is 11.2 Å². The van der Waals surface area contributed by atoms with E-state index in [1.807, 2.05) is 30.3 Å². The molecule has 1 aliphatic heterocycles. The number of carbonyl (C=O) groups is 2. The molecule has 0 amide bonds. The van der Waals surface area contributed by atoms with E-state index in [1.165, 1.54) is 44.4 Å². The number of unbranched alkanes of at least 4 members (excludes halogenated alkanes) is 3. The molecule has 0 saturated carbocycles. The number of fused-ring (bicyclic) bond motifs is 1. The van der Waals surface area contributed by atoms with Gasteiger partial charge in [-0.05, 0) is 73.4 Å². The highest BCUT2D eigenvalue weighted by Gasteiger charge is 2.21. The van der Waals surface area contributed by atoms with Crippen molar-refractivity contribution in [1.29, 1.82) is 5.26 Å². The van der Waals surface area contributed by atoms with Crippen molar-refractivity contribution >= 4 is 41.0 Å². The van der Waals surface area contributed by atoms with Crippen molar-refractivity contribution in [3.63, 3.8) is 0 Å². The molecule has 2 heterocycles. The van der Waals surface area contributed by atoms with Gasteiger partial charge in [0, 0.05) is 24.5 Å². The first-order chi connectivity index (χ1) is 21.7. The molecule has 0 saturated heterocycles. The second kappa shape index (κ2) is 14.9. The van der Waals surface area contributed by atoms with Crippen LogP contribution in [0.5, 0.6) is 5.75 Å². The van der Waals surface area contributed by atoms with Gasteiger partial charge in [0.25, 0.3) is 11.1 Å². The molecular formula is C34H36N4O7. The number of ether oxygens (including phenoxy) is 1. The van der Waals surface area contributed by atoms with Crippen molar-refractivity contribution in [3.05, 3.63) is 91.1 Å².